The number of ketones is 1. The Morgan fingerprint density at radius 3 is 2.10 bits per heavy atom. The van der Waals surface area contributed by atoms with Crippen molar-refractivity contribution in [3.63, 3.8) is 0 Å². The molecule has 0 aliphatic rings. The summed E-state index contributed by atoms with van der Waals surface area (Å²) in [5.41, 5.74) is 0. The number of carbonyl (C=O) groups excluding carboxylic acids is 1. The Kier molecular flexibility index (Phi) is 15.2. The number of rotatable bonds is 13. The fourth-order valence-corrected chi connectivity index (χ4v) is 1.96. The Bertz CT molecular complexity index is 372. The molecule has 0 aliphatic heterocycles. The van der Waals surface area contributed by atoms with Gasteiger partial charge in [-0.2, -0.15) is 5.26 Å². The molecular weight excluding hydrogens is 258 g/mol. The summed E-state index contributed by atoms with van der Waals surface area (Å²) < 4.78 is 0. The fraction of sp³-hybridized carbons (Fsp3) is 0.579. The molecule has 0 N–H and O–H groups in total. The molecule has 0 rings (SSSR count). The predicted molar refractivity (Wildman–Crippen MR) is 89.9 cm³/mol. The molecule has 0 radical (unpaired) electrons. The third-order valence-electron chi connectivity index (χ3n) is 3.18. The molecule has 0 aliphatic carbocycles. The third kappa shape index (κ3) is 16.3. The smallest absolute Gasteiger partial charge is 0.231 e. The maximum Gasteiger partial charge on any atom is 0.231 e. The minimum atomic E-state index is -0.281. The second-order valence-electron chi connectivity index (χ2n) is 5.14. The van der Waals surface area contributed by atoms with Gasteiger partial charge in [0.25, 0.3) is 0 Å². The van der Waals surface area contributed by atoms with E-state index in [1.54, 1.807) is 6.07 Å². The van der Waals surface area contributed by atoms with E-state index in [9.17, 15) is 4.79 Å². The molecule has 0 aromatic carbocycles. The second-order valence-corrected chi connectivity index (χ2v) is 5.14. The topological polar surface area (TPSA) is 40.9 Å². The lowest BCUT2D eigenvalue weighted by atomic mass is 10.1. The van der Waals surface area contributed by atoms with E-state index in [-0.39, 0.29) is 5.78 Å². The van der Waals surface area contributed by atoms with Crippen molar-refractivity contribution in [1.82, 2.24) is 0 Å². The average molecular weight is 287 g/mol. The lowest BCUT2D eigenvalue weighted by Gasteiger charge is -1.97. The van der Waals surface area contributed by atoms with Gasteiger partial charge in [0.05, 0.1) is 0 Å². The standard InChI is InChI=1S/C19H29NO/c1-2-3-4-5-6-7-8-9-10-11-12-13-14-15-16-17-19(21)18-20/h3-4,6-7,9-10H,2,5,8,11-17H2,1H3/b4-3-,7-6-,10-9-. The molecule has 0 bridgehead atoms. The SMILES string of the molecule is CC/C=C\C/C=C\C/C=C\CCCCCCCC(=O)C#N. The molecule has 0 amide bonds. The van der Waals surface area contributed by atoms with Gasteiger partial charge < -0.3 is 0 Å². The number of carbonyl (C=O) groups is 1. The number of hydrogen-bond donors (Lipinski definition) is 0. The molecule has 0 saturated carbocycles. The third-order valence-corrected chi connectivity index (χ3v) is 3.18. The van der Waals surface area contributed by atoms with E-state index in [0.717, 1.165) is 44.9 Å². The molecule has 0 aromatic heterocycles. The van der Waals surface area contributed by atoms with Crippen LogP contribution in [-0.2, 0) is 4.79 Å². The summed E-state index contributed by atoms with van der Waals surface area (Å²) in [4.78, 5) is 10.8. The van der Waals surface area contributed by atoms with Crippen molar-refractivity contribution in [2.45, 2.75) is 71.1 Å². The predicted octanol–water partition coefficient (Wildman–Crippen LogP) is 5.67. The average Bonchev–Trinajstić information content (AvgIpc) is 2.50. The van der Waals surface area contributed by atoms with Crippen LogP contribution < -0.4 is 0 Å². The van der Waals surface area contributed by atoms with Gasteiger partial charge in [-0.25, -0.2) is 0 Å². The van der Waals surface area contributed by atoms with Crippen LogP contribution in [0, 0.1) is 11.3 Å². The first-order valence-electron chi connectivity index (χ1n) is 8.19. The minimum Gasteiger partial charge on any atom is -0.283 e. The molecule has 0 fully saturated rings. The van der Waals surface area contributed by atoms with Gasteiger partial charge in [-0.15, -0.1) is 0 Å². The maximum absolute atomic E-state index is 10.8. The zero-order chi connectivity index (χ0) is 15.6. The van der Waals surface area contributed by atoms with Crippen LogP contribution in [0.3, 0.4) is 0 Å². The van der Waals surface area contributed by atoms with Gasteiger partial charge >= 0.3 is 0 Å². The van der Waals surface area contributed by atoms with Crippen LogP contribution in [0.15, 0.2) is 36.5 Å². The normalized spacial score (nSPS) is 11.6. The van der Waals surface area contributed by atoms with Crippen LogP contribution in [0.2, 0.25) is 0 Å². The highest BCUT2D eigenvalue weighted by Gasteiger charge is 1.97. The lowest BCUT2D eigenvalue weighted by molar-refractivity contribution is -0.114. The monoisotopic (exact) mass is 287 g/mol. The van der Waals surface area contributed by atoms with E-state index in [1.807, 2.05) is 0 Å². The zero-order valence-electron chi connectivity index (χ0n) is 13.4. The molecule has 0 spiro atoms. The van der Waals surface area contributed by atoms with Crippen molar-refractivity contribution < 1.29 is 4.79 Å². The van der Waals surface area contributed by atoms with E-state index in [4.69, 9.17) is 5.26 Å². The van der Waals surface area contributed by atoms with E-state index in [1.165, 1.54) is 12.8 Å². The molecule has 2 nitrogen and oxygen atoms in total. The van der Waals surface area contributed by atoms with Crippen LogP contribution in [-0.4, -0.2) is 5.78 Å². The lowest BCUT2D eigenvalue weighted by Crippen LogP contribution is -1.91. The van der Waals surface area contributed by atoms with Crippen LogP contribution in [0.1, 0.15) is 71.1 Å². The quantitative estimate of drug-likeness (QED) is 0.249. The summed E-state index contributed by atoms with van der Waals surface area (Å²) >= 11 is 0. The zero-order valence-corrected chi connectivity index (χ0v) is 13.4. The van der Waals surface area contributed by atoms with Gasteiger partial charge in [0, 0.05) is 6.42 Å². The van der Waals surface area contributed by atoms with E-state index >= 15 is 0 Å². The highest BCUT2D eigenvalue weighted by molar-refractivity contribution is 5.93. The first-order valence-corrected chi connectivity index (χ1v) is 8.19. The summed E-state index contributed by atoms with van der Waals surface area (Å²) in [7, 11) is 0. The van der Waals surface area contributed by atoms with E-state index < -0.39 is 0 Å². The van der Waals surface area contributed by atoms with Gasteiger partial charge in [-0.3, -0.25) is 4.79 Å². The number of allylic oxidation sites excluding steroid dienone is 6. The first-order chi connectivity index (χ1) is 10.3. The first kappa shape index (κ1) is 19.4. The summed E-state index contributed by atoms with van der Waals surface area (Å²) in [6.45, 7) is 2.15. The number of nitriles is 1. The fourth-order valence-electron chi connectivity index (χ4n) is 1.96. The van der Waals surface area contributed by atoms with Crippen molar-refractivity contribution in [2.24, 2.45) is 0 Å². The molecular formula is C19H29NO. The molecule has 21 heavy (non-hydrogen) atoms. The molecule has 0 unspecified atom stereocenters. The molecule has 116 valence electrons. The van der Waals surface area contributed by atoms with Gasteiger partial charge in [0.15, 0.2) is 0 Å². The second kappa shape index (κ2) is 16.4. The summed E-state index contributed by atoms with van der Waals surface area (Å²) in [6, 6.07) is 1.66. The molecule has 0 saturated heterocycles. The number of unbranched alkanes of at least 4 members (excludes halogenated alkanes) is 5. The van der Waals surface area contributed by atoms with Crippen LogP contribution in [0.5, 0.6) is 0 Å². The number of hydrogen-bond acceptors (Lipinski definition) is 2. The van der Waals surface area contributed by atoms with Crippen molar-refractivity contribution in [1.29, 1.82) is 5.26 Å². The Morgan fingerprint density at radius 2 is 1.43 bits per heavy atom. The Morgan fingerprint density at radius 1 is 0.857 bits per heavy atom. The van der Waals surface area contributed by atoms with Crippen molar-refractivity contribution in [3.05, 3.63) is 36.5 Å². The molecule has 0 heterocycles. The highest BCUT2D eigenvalue weighted by atomic mass is 16.1. The largest absolute Gasteiger partial charge is 0.283 e. The summed E-state index contributed by atoms with van der Waals surface area (Å²) in [5.74, 6) is -0.281. The minimum absolute atomic E-state index is 0.281. The Balaban J connectivity index is 3.27. The summed E-state index contributed by atoms with van der Waals surface area (Å²) in [5, 5.41) is 8.33. The van der Waals surface area contributed by atoms with Gasteiger partial charge in [0.1, 0.15) is 6.07 Å². The van der Waals surface area contributed by atoms with Crippen molar-refractivity contribution in [3.8, 4) is 6.07 Å². The summed E-state index contributed by atoms with van der Waals surface area (Å²) in [6.07, 6.45) is 23.5. The number of Topliss-reactive ketones (excluding diaryl/α,β-unsaturated/α-hetero) is 1. The van der Waals surface area contributed by atoms with E-state index in [0.29, 0.717) is 6.42 Å². The van der Waals surface area contributed by atoms with Crippen molar-refractivity contribution >= 4 is 5.78 Å². The van der Waals surface area contributed by atoms with Gasteiger partial charge in [0.2, 0.25) is 5.78 Å². The number of nitrogens with zero attached hydrogens (tertiary/aromatic N) is 1. The maximum atomic E-state index is 10.8. The Labute approximate surface area is 130 Å². The van der Waals surface area contributed by atoms with Crippen molar-refractivity contribution in [2.75, 3.05) is 0 Å². The van der Waals surface area contributed by atoms with Crippen LogP contribution in [0.4, 0.5) is 0 Å². The van der Waals surface area contributed by atoms with Crippen LogP contribution in [0.25, 0.3) is 0 Å². The molecule has 0 aromatic rings. The molecule has 0 atom stereocenters. The van der Waals surface area contributed by atoms with E-state index in [2.05, 4.69) is 43.4 Å². The van der Waals surface area contributed by atoms with Gasteiger partial charge in [-0.05, 0) is 38.5 Å². The highest BCUT2D eigenvalue weighted by Crippen LogP contribution is 2.08. The van der Waals surface area contributed by atoms with Gasteiger partial charge in [-0.1, -0.05) is 62.6 Å². The van der Waals surface area contributed by atoms with Crippen LogP contribution >= 0.6 is 0 Å². The Hall–Kier alpha value is -1.62. The molecule has 2 heteroatoms.